The van der Waals surface area contributed by atoms with E-state index in [0.717, 1.165) is 13.2 Å². The van der Waals surface area contributed by atoms with E-state index in [1.165, 1.54) is 0 Å². The quantitative estimate of drug-likeness (QED) is 0.407. The van der Waals surface area contributed by atoms with Gasteiger partial charge in [-0.05, 0) is 6.92 Å². The van der Waals surface area contributed by atoms with E-state index in [1.807, 2.05) is 0 Å². The highest BCUT2D eigenvalue weighted by Gasteiger charge is 1.94. The molecule has 0 aliphatic carbocycles. The maximum atomic E-state index is 10.1. The zero-order valence-corrected chi connectivity index (χ0v) is 8.20. The molecule has 0 saturated heterocycles. The predicted octanol–water partition coefficient (Wildman–Crippen LogP) is 0.171. The molecule has 78 valence electrons. The van der Waals surface area contributed by atoms with E-state index >= 15 is 0 Å². The Kier molecular flexibility index (Phi) is 8.66. The van der Waals surface area contributed by atoms with Crippen molar-refractivity contribution in [1.82, 2.24) is 0 Å². The molecule has 0 rings (SSSR count). The molecule has 0 radical (unpaired) electrons. The van der Waals surface area contributed by atoms with Crippen LogP contribution in [0.25, 0.3) is 0 Å². The Morgan fingerprint density at radius 1 is 1.62 bits per heavy atom. The van der Waals surface area contributed by atoms with Crippen molar-refractivity contribution < 1.29 is 26.7 Å². The lowest BCUT2D eigenvalue weighted by atomic mass is 10.6. The molecule has 0 aromatic heterocycles. The van der Waals surface area contributed by atoms with Gasteiger partial charge in [-0.1, -0.05) is 6.58 Å². The molecule has 0 aromatic carbocycles. The summed E-state index contributed by atoms with van der Waals surface area (Å²) < 4.78 is 34.1. The number of esters is 1. The number of carbonyl (C=O) groups excluding carboxylic acids is 1. The zero-order chi connectivity index (χ0) is 10.9. The number of hydrogen-bond acceptors (Lipinski definition) is 5. The van der Waals surface area contributed by atoms with Gasteiger partial charge in [-0.25, -0.2) is 4.79 Å². The van der Waals surface area contributed by atoms with Crippen molar-refractivity contribution in [3.63, 3.8) is 0 Å². The van der Waals surface area contributed by atoms with E-state index in [2.05, 4.69) is 15.5 Å². The van der Waals surface area contributed by atoms with Crippen LogP contribution >= 0.6 is 0 Å². The summed E-state index contributed by atoms with van der Waals surface area (Å²) in [6.07, 6.45) is 1.14. The molecule has 0 spiro atoms. The molecule has 0 fully saturated rings. The van der Waals surface area contributed by atoms with Crippen molar-refractivity contribution in [2.45, 2.75) is 6.92 Å². The first kappa shape index (κ1) is 14.6. The van der Waals surface area contributed by atoms with Gasteiger partial charge in [-0.15, -0.1) is 0 Å². The smallest absolute Gasteiger partial charge is 0.397 e. The molecular formula is C6H12O6S. The standard InChI is InChI=1S/C5H8O2.CH4O4S/c1-3-5(6)7-4-2;1-5-6(2,3)4/h3H,1,4H2,2H3;1H3,(H,2,3,4). The van der Waals surface area contributed by atoms with Gasteiger partial charge >= 0.3 is 16.4 Å². The Labute approximate surface area is 77.1 Å². The van der Waals surface area contributed by atoms with E-state index in [4.69, 9.17) is 4.55 Å². The fourth-order valence-electron chi connectivity index (χ4n) is 0.201. The zero-order valence-electron chi connectivity index (χ0n) is 7.39. The van der Waals surface area contributed by atoms with E-state index in [1.54, 1.807) is 6.92 Å². The lowest BCUT2D eigenvalue weighted by Gasteiger charge is -1.90. The van der Waals surface area contributed by atoms with Gasteiger partial charge in [0.2, 0.25) is 0 Å². The highest BCUT2D eigenvalue weighted by molar-refractivity contribution is 7.80. The minimum absolute atomic E-state index is 0.359. The van der Waals surface area contributed by atoms with Crippen molar-refractivity contribution in [2.24, 2.45) is 0 Å². The second-order valence-corrected chi connectivity index (χ2v) is 2.74. The van der Waals surface area contributed by atoms with Gasteiger partial charge in [-0.3, -0.25) is 8.74 Å². The van der Waals surface area contributed by atoms with Crippen molar-refractivity contribution in [1.29, 1.82) is 0 Å². The van der Waals surface area contributed by atoms with Crippen LogP contribution in [-0.2, 0) is 24.1 Å². The normalized spacial score (nSPS) is 9.46. The first-order valence-corrected chi connectivity index (χ1v) is 4.56. The number of hydrogen-bond donors (Lipinski definition) is 1. The summed E-state index contributed by atoms with van der Waals surface area (Å²) in [4.78, 5) is 10.1. The first-order chi connectivity index (χ1) is 5.87. The van der Waals surface area contributed by atoms with Crippen LogP contribution in [0.4, 0.5) is 0 Å². The molecular weight excluding hydrogens is 200 g/mol. The molecule has 13 heavy (non-hydrogen) atoms. The van der Waals surface area contributed by atoms with Crippen LogP contribution in [0.1, 0.15) is 6.92 Å². The van der Waals surface area contributed by atoms with Crippen molar-refractivity contribution in [3.05, 3.63) is 12.7 Å². The molecule has 0 aliphatic rings. The molecule has 0 amide bonds. The Morgan fingerprint density at radius 2 is 2.00 bits per heavy atom. The minimum atomic E-state index is -4.16. The molecule has 0 unspecified atom stereocenters. The molecule has 0 atom stereocenters. The highest BCUT2D eigenvalue weighted by atomic mass is 32.3. The second-order valence-electron chi connectivity index (χ2n) is 1.55. The van der Waals surface area contributed by atoms with E-state index in [9.17, 15) is 13.2 Å². The van der Waals surface area contributed by atoms with Gasteiger partial charge < -0.3 is 4.74 Å². The van der Waals surface area contributed by atoms with E-state index in [0.29, 0.717) is 6.61 Å². The molecule has 0 aliphatic heterocycles. The van der Waals surface area contributed by atoms with Crippen LogP contribution in [0.3, 0.4) is 0 Å². The third-order valence-corrected chi connectivity index (χ3v) is 1.09. The number of carbonyl (C=O) groups is 1. The summed E-state index contributed by atoms with van der Waals surface area (Å²) in [6.45, 7) is 5.38. The van der Waals surface area contributed by atoms with Crippen LogP contribution in [0, 0.1) is 0 Å². The van der Waals surface area contributed by atoms with E-state index in [-0.39, 0.29) is 5.97 Å². The van der Waals surface area contributed by atoms with Crippen molar-refractivity contribution in [3.8, 4) is 0 Å². The highest BCUT2D eigenvalue weighted by Crippen LogP contribution is 1.75. The lowest BCUT2D eigenvalue weighted by Crippen LogP contribution is -1.97. The van der Waals surface area contributed by atoms with Crippen LogP contribution in [0.5, 0.6) is 0 Å². The number of ether oxygens (including phenoxy) is 1. The van der Waals surface area contributed by atoms with Crippen molar-refractivity contribution in [2.75, 3.05) is 13.7 Å². The fourth-order valence-corrected chi connectivity index (χ4v) is 0.201. The molecule has 6 nitrogen and oxygen atoms in total. The summed E-state index contributed by atoms with van der Waals surface area (Å²) >= 11 is 0. The Balaban J connectivity index is 0. The van der Waals surface area contributed by atoms with Crippen LogP contribution in [0.2, 0.25) is 0 Å². The van der Waals surface area contributed by atoms with Crippen LogP contribution in [0.15, 0.2) is 12.7 Å². The van der Waals surface area contributed by atoms with Gasteiger partial charge in [0, 0.05) is 6.08 Å². The Hall–Kier alpha value is -0.920. The molecule has 0 saturated carbocycles. The monoisotopic (exact) mass is 212 g/mol. The van der Waals surface area contributed by atoms with Gasteiger partial charge in [0.25, 0.3) is 0 Å². The first-order valence-electron chi connectivity index (χ1n) is 3.19. The lowest BCUT2D eigenvalue weighted by molar-refractivity contribution is -0.137. The third kappa shape index (κ3) is 18.2. The SMILES string of the molecule is C=CC(=O)OCC.COS(=O)(=O)O. The molecule has 0 bridgehead atoms. The minimum Gasteiger partial charge on any atom is -0.463 e. The largest absolute Gasteiger partial charge is 0.463 e. The topological polar surface area (TPSA) is 89.9 Å². The van der Waals surface area contributed by atoms with Crippen LogP contribution in [-0.4, -0.2) is 32.7 Å². The third-order valence-electron chi connectivity index (χ3n) is 0.664. The summed E-state index contributed by atoms with van der Waals surface area (Å²) in [5.74, 6) is -0.359. The Morgan fingerprint density at radius 3 is 2.08 bits per heavy atom. The average molecular weight is 212 g/mol. The van der Waals surface area contributed by atoms with Crippen LogP contribution < -0.4 is 0 Å². The van der Waals surface area contributed by atoms with Gasteiger partial charge in [0.1, 0.15) is 0 Å². The predicted molar refractivity (Wildman–Crippen MR) is 45.4 cm³/mol. The van der Waals surface area contributed by atoms with Crippen molar-refractivity contribution >= 4 is 16.4 Å². The maximum absolute atomic E-state index is 10.1. The Bertz CT molecular complexity index is 242. The number of rotatable bonds is 3. The molecule has 0 aromatic rings. The summed E-state index contributed by atoms with van der Waals surface area (Å²) in [7, 11) is -3.29. The molecule has 1 N–H and O–H groups in total. The summed E-state index contributed by atoms with van der Waals surface area (Å²) in [5.41, 5.74) is 0. The second kappa shape index (κ2) is 7.71. The van der Waals surface area contributed by atoms with Gasteiger partial charge in [0.05, 0.1) is 13.7 Å². The van der Waals surface area contributed by atoms with Gasteiger partial charge in [0.15, 0.2) is 0 Å². The molecule has 0 heterocycles. The van der Waals surface area contributed by atoms with E-state index < -0.39 is 10.4 Å². The summed E-state index contributed by atoms with van der Waals surface area (Å²) in [5, 5.41) is 0. The maximum Gasteiger partial charge on any atom is 0.397 e. The molecule has 7 heteroatoms. The average Bonchev–Trinajstić information content (AvgIpc) is 2.05. The van der Waals surface area contributed by atoms with Gasteiger partial charge in [-0.2, -0.15) is 8.42 Å². The fraction of sp³-hybridized carbons (Fsp3) is 0.500. The summed E-state index contributed by atoms with van der Waals surface area (Å²) in [6, 6.07) is 0.